The molecule has 3 nitrogen and oxygen atoms in total. The molecule has 0 unspecified atom stereocenters. The van der Waals surface area contributed by atoms with Gasteiger partial charge in [0.25, 0.3) is 0 Å². The minimum atomic E-state index is -0.602. The maximum Gasteiger partial charge on any atom is 0.213 e. The summed E-state index contributed by atoms with van der Waals surface area (Å²) >= 11 is 6.14. The van der Waals surface area contributed by atoms with E-state index in [-0.39, 0.29) is 5.82 Å². The van der Waals surface area contributed by atoms with Gasteiger partial charge < -0.3 is 4.57 Å². The molecule has 0 radical (unpaired) electrons. The number of hydrogen-bond donors (Lipinski definition) is 0. The maximum atomic E-state index is 13.5. The molecule has 6 heteroatoms. The summed E-state index contributed by atoms with van der Waals surface area (Å²) in [4.78, 5) is 7.95. The molecule has 0 atom stereocenters. The highest BCUT2D eigenvalue weighted by Crippen LogP contribution is 2.29. The monoisotopic (exact) mass is 355 g/mol. The van der Waals surface area contributed by atoms with Gasteiger partial charge >= 0.3 is 0 Å². The van der Waals surface area contributed by atoms with Crippen molar-refractivity contribution in [1.82, 2.24) is 14.5 Å². The average molecular weight is 356 g/mol. The van der Waals surface area contributed by atoms with E-state index >= 15 is 0 Å². The average Bonchev–Trinajstić information content (AvgIpc) is 2.99. The molecule has 3 aromatic heterocycles. The van der Waals surface area contributed by atoms with Crippen LogP contribution >= 0.6 is 11.6 Å². The van der Waals surface area contributed by atoms with Crippen molar-refractivity contribution >= 4 is 22.6 Å². The van der Waals surface area contributed by atoms with Crippen LogP contribution in [0.4, 0.5) is 8.78 Å². The van der Waals surface area contributed by atoms with Crippen LogP contribution in [0, 0.1) is 11.8 Å². The van der Waals surface area contributed by atoms with E-state index in [1.165, 1.54) is 24.4 Å². The Balaban J connectivity index is 1.79. The Labute approximate surface area is 147 Å². The van der Waals surface area contributed by atoms with Gasteiger partial charge in [0.2, 0.25) is 5.95 Å². The lowest BCUT2D eigenvalue weighted by atomic mass is 10.1. The number of fused-ring (bicyclic) bond motifs is 1. The van der Waals surface area contributed by atoms with E-state index < -0.39 is 5.95 Å². The van der Waals surface area contributed by atoms with Gasteiger partial charge in [0, 0.05) is 42.3 Å². The molecule has 0 aliphatic heterocycles. The van der Waals surface area contributed by atoms with Crippen LogP contribution in [0.15, 0.2) is 61.1 Å². The summed E-state index contributed by atoms with van der Waals surface area (Å²) in [6.45, 7) is 0.505. The third-order valence-electron chi connectivity index (χ3n) is 3.99. The summed E-state index contributed by atoms with van der Waals surface area (Å²) in [6.07, 6.45) is 4.82. The van der Waals surface area contributed by atoms with Crippen molar-refractivity contribution in [2.45, 2.75) is 6.54 Å². The highest BCUT2D eigenvalue weighted by atomic mass is 35.5. The lowest BCUT2D eigenvalue weighted by Gasteiger charge is -2.08. The Kier molecular flexibility index (Phi) is 3.93. The normalized spacial score (nSPS) is 11.2. The highest BCUT2D eigenvalue weighted by Gasteiger charge is 2.10. The number of aromatic nitrogens is 3. The molecule has 4 rings (SSSR count). The highest BCUT2D eigenvalue weighted by molar-refractivity contribution is 6.33. The van der Waals surface area contributed by atoms with Crippen LogP contribution in [0.25, 0.3) is 22.2 Å². The van der Waals surface area contributed by atoms with Gasteiger partial charge in [0.1, 0.15) is 5.82 Å². The molecule has 0 aliphatic rings. The fraction of sp³-hybridized carbons (Fsp3) is 0.0526. The molecule has 3 heterocycles. The fourth-order valence-corrected chi connectivity index (χ4v) is 3.03. The van der Waals surface area contributed by atoms with Crippen molar-refractivity contribution in [3.05, 3.63) is 83.4 Å². The van der Waals surface area contributed by atoms with E-state index in [9.17, 15) is 8.78 Å². The second kappa shape index (κ2) is 6.26. The maximum absolute atomic E-state index is 13.5. The number of halogens is 3. The van der Waals surface area contributed by atoms with Gasteiger partial charge in [-0.1, -0.05) is 23.7 Å². The van der Waals surface area contributed by atoms with Crippen LogP contribution in [-0.4, -0.2) is 14.5 Å². The van der Waals surface area contributed by atoms with Crippen LogP contribution in [0.5, 0.6) is 0 Å². The van der Waals surface area contributed by atoms with Crippen LogP contribution < -0.4 is 0 Å². The second-order valence-electron chi connectivity index (χ2n) is 5.69. The largest absolute Gasteiger partial charge is 0.342 e. The molecule has 0 spiro atoms. The Bertz CT molecular complexity index is 1080. The number of hydrogen-bond acceptors (Lipinski definition) is 2. The number of benzene rings is 1. The third-order valence-corrected chi connectivity index (χ3v) is 4.30. The molecule has 0 saturated carbocycles. The molecule has 0 bridgehead atoms. The molecule has 0 aliphatic carbocycles. The van der Waals surface area contributed by atoms with E-state index in [1.807, 2.05) is 29.0 Å². The molecule has 1 aromatic carbocycles. The van der Waals surface area contributed by atoms with E-state index in [0.717, 1.165) is 16.6 Å². The predicted octanol–water partition coefficient (Wildman–Crippen LogP) is 5.08. The smallest absolute Gasteiger partial charge is 0.213 e. The minimum Gasteiger partial charge on any atom is -0.342 e. The summed E-state index contributed by atoms with van der Waals surface area (Å²) in [7, 11) is 0. The zero-order valence-electron chi connectivity index (χ0n) is 13.0. The van der Waals surface area contributed by atoms with Crippen LogP contribution in [-0.2, 0) is 6.54 Å². The van der Waals surface area contributed by atoms with Gasteiger partial charge in [-0.3, -0.25) is 4.98 Å². The van der Waals surface area contributed by atoms with Crippen molar-refractivity contribution < 1.29 is 8.78 Å². The van der Waals surface area contributed by atoms with Gasteiger partial charge in [0.05, 0.1) is 16.1 Å². The molecule has 25 heavy (non-hydrogen) atoms. The fourth-order valence-electron chi connectivity index (χ4n) is 2.81. The Morgan fingerprint density at radius 3 is 2.72 bits per heavy atom. The first-order chi connectivity index (χ1) is 12.1. The van der Waals surface area contributed by atoms with Crippen molar-refractivity contribution in [2.24, 2.45) is 0 Å². The van der Waals surface area contributed by atoms with Gasteiger partial charge in [-0.2, -0.15) is 4.39 Å². The van der Waals surface area contributed by atoms with Crippen LogP contribution in [0.2, 0.25) is 5.02 Å². The number of nitrogens with zero attached hydrogens (tertiary/aromatic N) is 3. The predicted molar refractivity (Wildman–Crippen MR) is 93.4 cm³/mol. The first-order valence-corrected chi connectivity index (χ1v) is 7.99. The lowest BCUT2D eigenvalue weighted by Crippen LogP contribution is -1.98. The van der Waals surface area contributed by atoms with E-state index in [1.54, 1.807) is 12.3 Å². The van der Waals surface area contributed by atoms with Gasteiger partial charge in [-0.25, -0.2) is 9.37 Å². The molecule has 4 aromatic rings. The first-order valence-electron chi connectivity index (χ1n) is 7.61. The minimum absolute atomic E-state index is 0.271. The van der Waals surface area contributed by atoms with E-state index in [0.29, 0.717) is 22.7 Å². The molecular weight excluding hydrogens is 344 g/mol. The van der Waals surface area contributed by atoms with Crippen molar-refractivity contribution in [1.29, 1.82) is 0 Å². The summed E-state index contributed by atoms with van der Waals surface area (Å²) in [6, 6.07) is 11.5. The van der Waals surface area contributed by atoms with Gasteiger partial charge in [-0.05, 0) is 29.8 Å². The molecular formula is C19H12ClF2N3. The zero-order valence-corrected chi connectivity index (χ0v) is 13.7. The van der Waals surface area contributed by atoms with Crippen LogP contribution in [0.3, 0.4) is 0 Å². The van der Waals surface area contributed by atoms with Crippen molar-refractivity contribution in [3.63, 3.8) is 0 Å². The topological polar surface area (TPSA) is 30.7 Å². The number of pyridine rings is 2. The molecule has 0 N–H and O–H groups in total. The SMILES string of the molecule is Fc1cccc(Cn2ccc3ncc(-c4cc(F)ncc4Cl)cc32)c1. The van der Waals surface area contributed by atoms with E-state index in [2.05, 4.69) is 9.97 Å². The van der Waals surface area contributed by atoms with Crippen molar-refractivity contribution in [2.75, 3.05) is 0 Å². The summed E-state index contributed by atoms with van der Waals surface area (Å²) in [5, 5.41) is 0.353. The third kappa shape index (κ3) is 3.10. The number of rotatable bonds is 3. The molecule has 0 amide bonds. The summed E-state index contributed by atoms with van der Waals surface area (Å²) in [5.41, 5.74) is 3.72. The van der Waals surface area contributed by atoms with E-state index in [4.69, 9.17) is 11.6 Å². The molecule has 124 valence electrons. The molecule has 0 fully saturated rings. The van der Waals surface area contributed by atoms with Crippen molar-refractivity contribution in [3.8, 4) is 11.1 Å². The second-order valence-corrected chi connectivity index (χ2v) is 6.10. The van der Waals surface area contributed by atoms with Crippen LogP contribution in [0.1, 0.15) is 5.56 Å². The summed E-state index contributed by atoms with van der Waals surface area (Å²) < 4.78 is 28.8. The Morgan fingerprint density at radius 2 is 1.88 bits per heavy atom. The van der Waals surface area contributed by atoms with Gasteiger partial charge in [0.15, 0.2) is 0 Å². The quantitative estimate of drug-likeness (QED) is 0.480. The zero-order chi connectivity index (χ0) is 17.4. The first kappa shape index (κ1) is 15.7. The summed E-state index contributed by atoms with van der Waals surface area (Å²) in [5.74, 6) is -0.874. The Morgan fingerprint density at radius 1 is 1.00 bits per heavy atom. The lowest BCUT2D eigenvalue weighted by molar-refractivity contribution is 0.584. The Hall–Kier alpha value is -2.79. The standard InChI is InChI=1S/C19H12ClF2N3/c20-16-10-24-19(22)8-15(16)13-7-18-17(23-9-13)4-5-25(18)11-12-2-1-3-14(21)6-12/h1-10H,11H2. The molecule has 0 saturated heterocycles. The van der Waals surface area contributed by atoms with Gasteiger partial charge in [-0.15, -0.1) is 0 Å².